The van der Waals surface area contributed by atoms with Crippen LogP contribution >= 0.6 is 0 Å². The zero-order valence-corrected chi connectivity index (χ0v) is 21.0. The highest BCUT2D eigenvalue weighted by molar-refractivity contribution is 5.98. The van der Waals surface area contributed by atoms with Gasteiger partial charge in [0.25, 0.3) is 0 Å². The summed E-state index contributed by atoms with van der Waals surface area (Å²) in [6.45, 7) is 4.52. The Bertz CT molecular complexity index is 1390. The Kier molecular flexibility index (Phi) is 7.09. The van der Waals surface area contributed by atoms with Gasteiger partial charge in [0.2, 0.25) is 0 Å². The molecular formula is C31H27F2N3O2. The SMILES string of the molecule is CC(C)c1ccc(Oc2ccc(NC(=O)N3CC(c4ccc(F)cc4)=C(c4ccc(F)cc4)N3)cc2)cc1. The second-order valence-corrected chi connectivity index (χ2v) is 9.35. The number of carbonyl (C=O) groups excluding carboxylic acids is 1. The van der Waals surface area contributed by atoms with Gasteiger partial charge < -0.3 is 10.1 Å². The summed E-state index contributed by atoms with van der Waals surface area (Å²) in [7, 11) is 0. The minimum absolute atomic E-state index is 0.234. The number of hydrogen-bond donors (Lipinski definition) is 2. The van der Waals surface area contributed by atoms with Gasteiger partial charge in [-0.3, -0.25) is 5.43 Å². The van der Waals surface area contributed by atoms with Crippen molar-refractivity contribution in [2.24, 2.45) is 0 Å². The van der Waals surface area contributed by atoms with Crippen molar-refractivity contribution >= 4 is 23.0 Å². The van der Waals surface area contributed by atoms with E-state index in [1.807, 2.05) is 24.3 Å². The molecule has 0 radical (unpaired) electrons. The van der Waals surface area contributed by atoms with Crippen molar-refractivity contribution in [3.05, 3.63) is 125 Å². The molecule has 0 unspecified atom stereocenters. The number of rotatable bonds is 6. The van der Waals surface area contributed by atoms with Gasteiger partial charge in [-0.25, -0.2) is 18.6 Å². The first-order valence-corrected chi connectivity index (χ1v) is 12.3. The average Bonchev–Trinajstić information content (AvgIpc) is 3.37. The van der Waals surface area contributed by atoms with Gasteiger partial charge in [0.05, 0.1) is 12.2 Å². The molecule has 4 aromatic rings. The van der Waals surface area contributed by atoms with E-state index in [-0.39, 0.29) is 24.2 Å². The molecule has 7 heteroatoms. The average molecular weight is 512 g/mol. The third kappa shape index (κ3) is 5.67. The van der Waals surface area contributed by atoms with Crippen LogP contribution in [0.1, 0.15) is 36.5 Å². The monoisotopic (exact) mass is 511 g/mol. The molecular weight excluding hydrogens is 484 g/mol. The fourth-order valence-electron chi connectivity index (χ4n) is 4.20. The molecule has 0 atom stereocenters. The summed E-state index contributed by atoms with van der Waals surface area (Å²) in [4.78, 5) is 13.1. The molecule has 2 N–H and O–H groups in total. The van der Waals surface area contributed by atoms with Crippen LogP contribution in [0.2, 0.25) is 0 Å². The molecule has 5 rings (SSSR count). The van der Waals surface area contributed by atoms with Gasteiger partial charge in [-0.15, -0.1) is 0 Å². The number of halogens is 2. The maximum Gasteiger partial charge on any atom is 0.340 e. The van der Waals surface area contributed by atoms with Crippen molar-refractivity contribution in [3.63, 3.8) is 0 Å². The molecule has 0 bridgehead atoms. The number of ether oxygens (including phenoxy) is 1. The molecule has 1 aliphatic heterocycles. The summed E-state index contributed by atoms with van der Waals surface area (Å²) in [5.41, 5.74) is 7.88. The Labute approximate surface area is 220 Å². The van der Waals surface area contributed by atoms with Gasteiger partial charge in [0.15, 0.2) is 0 Å². The lowest BCUT2D eigenvalue weighted by Gasteiger charge is -2.19. The Balaban J connectivity index is 1.28. The highest BCUT2D eigenvalue weighted by atomic mass is 19.1. The first-order valence-electron chi connectivity index (χ1n) is 12.3. The van der Waals surface area contributed by atoms with Crippen molar-refractivity contribution in [1.29, 1.82) is 0 Å². The Morgan fingerprint density at radius 2 is 1.32 bits per heavy atom. The number of nitrogens with zero attached hydrogens (tertiary/aromatic N) is 1. The normalized spacial score (nSPS) is 13.0. The summed E-state index contributed by atoms with van der Waals surface area (Å²) in [5, 5.41) is 4.31. The zero-order valence-electron chi connectivity index (χ0n) is 21.0. The maximum absolute atomic E-state index is 13.5. The Morgan fingerprint density at radius 1 is 0.789 bits per heavy atom. The molecule has 4 aromatic carbocycles. The number of anilines is 1. The third-order valence-corrected chi connectivity index (χ3v) is 6.32. The molecule has 0 spiro atoms. The predicted octanol–water partition coefficient (Wildman–Crippen LogP) is 7.80. The quantitative estimate of drug-likeness (QED) is 0.278. The summed E-state index contributed by atoms with van der Waals surface area (Å²) < 4.78 is 33.0. The van der Waals surface area contributed by atoms with Crippen LogP contribution in [0.25, 0.3) is 11.3 Å². The van der Waals surface area contributed by atoms with Gasteiger partial charge in [-0.05, 0) is 95.4 Å². The minimum Gasteiger partial charge on any atom is -0.457 e. The van der Waals surface area contributed by atoms with Gasteiger partial charge in [0, 0.05) is 11.3 Å². The van der Waals surface area contributed by atoms with E-state index in [2.05, 4.69) is 24.6 Å². The fourth-order valence-corrected chi connectivity index (χ4v) is 4.20. The van der Waals surface area contributed by atoms with E-state index < -0.39 is 0 Å². The lowest BCUT2D eigenvalue weighted by molar-refractivity contribution is 0.210. The van der Waals surface area contributed by atoms with Crippen LogP contribution in [0.4, 0.5) is 19.3 Å². The zero-order chi connectivity index (χ0) is 26.6. The molecule has 5 nitrogen and oxygen atoms in total. The topological polar surface area (TPSA) is 53.6 Å². The number of nitrogens with one attached hydrogen (secondary N) is 2. The molecule has 0 aliphatic carbocycles. The summed E-state index contributed by atoms with van der Waals surface area (Å²) in [6, 6.07) is 26.8. The minimum atomic E-state index is -0.375. The molecule has 38 heavy (non-hydrogen) atoms. The second-order valence-electron chi connectivity index (χ2n) is 9.35. The number of hydrazine groups is 1. The Morgan fingerprint density at radius 3 is 1.87 bits per heavy atom. The lowest BCUT2D eigenvalue weighted by atomic mass is 10.0. The Hall–Kier alpha value is -4.65. The molecule has 0 saturated heterocycles. The van der Waals surface area contributed by atoms with Gasteiger partial charge in [-0.1, -0.05) is 38.1 Å². The van der Waals surface area contributed by atoms with E-state index in [0.29, 0.717) is 28.6 Å². The van der Waals surface area contributed by atoms with Crippen LogP contribution in [-0.4, -0.2) is 17.6 Å². The van der Waals surface area contributed by atoms with E-state index in [1.165, 1.54) is 34.8 Å². The van der Waals surface area contributed by atoms with Crippen LogP contribution in [0.3, 0.4) is 0 Å². The lowest BCUT2D eigenvalue weighted by Crippen LogP contribution is -2.40. The standard InChI is InChI=1S/C31H27F2N3O2/c1-20(2)21-7-15-27(16-8-21)38-28-17-13-26(14-18-28)34-31(37)36-19-29(22-3-9-24(32)10-4-22)30(35-36)23-5-11-25(33)12-6-23/h3-18,20,35H,19H2,1-2H3,(H,34,37). The largest absolute Gasteiger partial charge is 0.457 e. The van der Waals surface area contributed by atoms with Crippen LogP contribution in [0.15, 0.2) is 97.1 Å². The molecule has 1 heterocycles. The number of hydrogen-bond acceptors (Lipinski definition) is 3. The molecule has 0 saturated carbocycles. The number of amides is 2. The molecule has 1 aliphatic rings. The first-order chi connectivity index (χ1) is 18.4. The predicted molar refractivity (Wildman–Crippen MR) is 146 cm³/mol. The highest BCUT2D eigenvalue weighted by Gasteiger charge is 2.27. The summed E-state index contributed by atoms with van der Waals surface area (Å²) in [6.07, 6.45) is 0. The van der Waals surface area contributed by atoms with Crippen molar-refractivity contribution < 1.29 is 18.3 Å². The van der Waals surface area contributed by atoms with Crippen LogP contribution < -0.4 is 15.5 Å². The molecule has 192 valence electrons. The second kappa shape index (κ2) is 10.8. The molecule has 2 amide bonds. The van der Waals surface area contributed by atoms with Crippen LogP contribution in [-0.2, 0) is 0 Å². The van der Waals surface area contributed by atoms with E-state index >= 15 is 0 Å². The van der Waals surface area contributed by atoms with Gasteiger partial charge in [0.1, 0.15) is 23.1 Å². The van der Waals surface area contributed by atoms with Gasteiger partial charge >= 0.3 is 6.03 Å². The van der Waals surface area contributed by atoms with Crippen LogP contribution in [0.5, 0.6) is 11.5 Å². The summed E-state index contributed by atoms with van der Waals surface area (Å²) >= 11 is 0. The first kappa shape index (κ1) is 25.0. The summed E-state index contributed by atoms with van der Waals surface area (Å²) in [5.74, 6) is 1.13. The van der Waals surface area contributed by atoms with Crippen molar-refractivity contribution in [2.45, 2.75) is 19.8 Å². The fraction of sp³-hybridized carbons (Fsp3) is 0.129. The molecule has 0 fully saturated rings. The number of carbonyl (C=O) groups is 1. The maximum atomic E-state index is 13.5. The molecule has 0 aromatic heterocycles. The van der Waals surface area contributed by atoms with E-state index in [9.17, 15) is 13.6 Å². The van der Waals surface area contributed by atoms with Crippen molar-refractivity contribution in [3.8, 4) is 11.5 Å². The smallest absolute Gasteiger partial charge is 0.340 e. The van der Waals surface area contributed by atoms with Crippen molar-refractivity contribution in [1.82, 2.24) is 10.4 Å². The number of benzene rings is 4. The highest BCUT2D eigenvalue weighted by Crippen LogP contribution is 2.31. The van der Waals surface area contributed by atoms with E-state index in [0.717, 1.165) is 16.9 Å². The number of urea groups is 1. The van der Waals surface area contributed by atoms with E-state index in [1.54, 1.807) is 48.5 Å². The van der Waals surface area contributed by atoms with E-state index in [4.69, 9.17) is 4.74 Å². The van der Waals surface area contributed by atoms with Gasteiger partial charge in [-0.2, -0.15) is 0 Å². The third-order valence-electron chi connectivity index (χ3n) is 6.32. The van der Waals surface area contributed by atoms with Crippen LogP contribution in [0, 0.1) is 11.6 Å². The van der Waals surface area contributed by atoms with Crippen molar-refractivity contribution in [2.75, 3.05) is 11.9 Å².